The summed E-state index contributed by atoms with van der Waals surface area (Å²) in [7, 11) is 1.69. The summed E-state index contributed by atoms with van der Waals surface area (Å²) in [5.74, 6) is -0.732. The molecule has 3 heterocycles. The second-order valence-corrected chi connectivity index (χ2v) is 6.34. The van der Waals surface area contributed by atoms with Crippen molar-refractivity contribution in [3.8, 4) is 0 Å². The number of hydrogen-bond acceptors (Lipinski definition) is 5. The third kappa shape index (κ3) is 2.67. The van der Waals surface area contributed by atoms with Crippen LogP contribution in [-0.2, 0) is 32.5 Å². The Balaban J connectivity index is 1.81. The predicted octanol–water partition coefficient (Wildman–Crippen LogP) is 0.233. The molecule has 2 saturated heterocycles. The third-order valence-electron chi connectivity index (χ3n) is 4.79. The van der Waals surface area contributed by atoms with Crippen LogP contribution in [-0.4, -0.2) is 40.5 Å². The molecular formula is C17H19N3O5. The van der Waals surface area contributed by atoms with Gasteiger partial charge in [0.2, 0.25) is 11.8 Å². The van der Waals surface area contributed by atoms with E-state index in [1.165, 1.54) is 4.57 Å². The van der Waals surface area contributed by atoms with Crippen LogP contribution < -0.4 is 11.0 Å². The zero-order chi connectivity index (χ0) is 17.6. The highest BCUT2D eigenvalue weighted by molar-refractivity contribution is 6.00. The molecule has 1 aromatic heterocycles. The number of carbonyl (C=O) groups is 2. The Morgan fingerprint density at radius 3 is 2.68 bits per heavy atom. The minimum Gasteiger partial charge on any atom is -0.350 e. The molecule has 8 heteroatoms. The average Bonchev–Trinajstić information content (AvgIpc) is 3.17. The molecule has 4 rings (SSSR count). The fourth-order valence-corrected chi connectivity index (χ4v) is 3.62. The van der Waals surface area contributed by atoms with E-state index in [0.29, 0.717) is 31.6 Å². The summed E-state index contributed by atoms with van der Waals surface area (Å²) in [6.07, 6.45) is 0.759. The van der Waals surface area contributed by atoms with Crippen LogP contribution in [0.5, 0.6) is 0 Å². The Kier molecular flexibility index (Phi) is 3.93. The summed E-state index contributed by atoms with van der Waals surface area (Å²) in [5.41, 5.74) is 2.09. The lowest BCUT2D eigenvalue weighted by Crippen LogP contribution is -2.44. The van der Waals surface area contributed by atoms with E-state index in [2.05, 4.69) is 5.32 Å². The molecule has 2 amide bonds. The molecule has 2 aliphatic rings. The molecule has 0 bridgehead atoms. The van der Waals surface area contributed by atoms with Crippen molar-refractivity contribution in [2.45, 2.75) is 31.6 Å². The smallest absolute Gasteiger partial charge is 0.329 e. The topological polar surface area (TPSA) is 91.6 Å². The largest absolute Gasteiger partial charge is 0.350 e. The molecule has 1 aromatic carbocycles. The number of para-hydroxylation sites is 1. The average molecular weight is 345 g/mol. The normalized spacial score (nSPS) is 21.9. The number of piperidine rings is 1. The molecule has 1 unspecified atom stereocenters. The van der Waals surface area contributed by atoms with Gasteiger partial charge in [-0.15, -0.1) is 0 Å². The highest BCUT2D eigenvalue weighted by Gasteiger charge is 2.31. The van der Waals surface area contributed by atoms with Crippen molar-refractivity contribution >= 4 is 22.8 Å². The molecule has 25 heavy (non-hydrogen) atoms. The van der Waals surface area contributed by atoms with E-state index in [1.54, 1.807) is 11.6 Å². The van der Waals surface area contributed by atoms with Crippen molar-refractivity contribution in [2.75, 3.05) is 13.2 Å². The minimum absolute atomic E-state index is 0.225. The van der Waals surface area contributed by atoms with Gasteiger partial charge in [0, 0.05) is 19.9 Å². The van der Waals surface area contributed by atoms with Crippen LogP contribution in [0.1, 0.15) is 24.4 Å². The maximum Gasteiger partial charge on any atom is 0.329 e. The summed E-state index contributed by atoms with van der Waals surface area (Å²) in [6.45, 7) is 1.13. The highest BCUT2D eigenvalue weighted by atomic mass is 16.7. The quantitative estimate of drug-likeness (QED) is 0.804. The number of imidazole rings is 1. The van der Waals surface area contributed by atoms with E-state index in [0.717, 1.165) is 11.1 Å². The molecule has 0 spiro atoms. The van der Waals surface area contributed by atoms with E-state index >= 15 is 0 Å². The van der Waals surface area contributed by atoms with E-state index < -0.39 is 11.9 Å². The molecule has 2 fully saturated rings. The molecule has 2 aromatic rings. The molecule has 2 aliphatic heterocycles. The molecule has 0 saturated carbocycles. The minimum atomic E-state index is -0.678. The van der Waals surface area contributed by atoms with Gasteiger partial charge in [-0.1, -0.05) is 12.1 Å². The standard InChI is InChI=1S/C17H19N3O5/c1-19-15-10(9-14-24-7-8-25-14)3-2-4-11(15)20(17(19)23)12-5-6-13(21)18-16(12)22/h2-4,12,14H,5-9H2,1H3,(H,18,21,22). The van der Waals surface area contributed by atoms with Crippen molar-refractivity contribution in [3.05, 3.63) is 34.2 Å². The Labute approximate surface area is 143 Å². The number of amides is 2. The lowest BCUT2D eigenvalue weighted by atomic mass is 10.1. The SMILES string of the molecule is Cn1c(=O)n(C2CCC(=O)NC2=O)c2cccc(CC3OCCO3)c21. The van der Waals surface area contributed by atoms with E-state index in [-0.39, 0.29) is 24.3 Å². The molecule has 1 atom stereocenters. The Bertz CT molecular complexity index is 907. The lowest BCUT2D eigenvalue weighted by molar-refractivity contribution is -0.135. The van der Waals surface area contributed by atoms with Gasteiger partial charge < -0.3 is 9.47 Å². The maximum atomic E-state index is 12.8. The highest BCUT2D eigenvalue weighted by Crippen LogP contribution is 2.26. The summed E-state index contributed by atoms with van der Waals surface area (Å²) in [5, 5.41) is 2.32. The zero-order valence-electron chi connectivity index (χ0n) is 13.9. The Hall–Kier alpha value is -2.45. The molecular weight excluding hydrogens is 326 g/mol. The third-order valence-corrected chi connectivity index (χ3v) is 4.79. The summed E-state index contributed by atoms with van der Waals surface area (Å²) in [4.78, 5) is 36.4. The van der Waals surface area contributed by atoms with Crippen LogP contribution in [0.15, 0.2) is 23.0 Å². The number of carbonyl (C=O) groups excluding carboxylic acids is 2. The van der Waals surface area contributed by atoms with Crippen molar-refractivity contribution in [1.82, 2.24) is 14.5 Å². The number of ether oxygens (including phenoxy) is 2. The number of nitrogens with zero attached hydrogens (tertiary/aromatic N) is 2. The van der Waals surface area contributed by atoms with Gasteiger partial charge in [0.05, 0.1) is 24.2 Å². The zero-order valence-corrected chi connectivity index (χ0v) is 13.9. The number of rotatable bonds is 3. The van der Waals surface area contributed by atoms with Gasteiger partial charge in [-0.3, -0.25) is 24.0 Å². The number of hydrogen-bond donors (Lipinski definition) is 1. The summed E-state index contributed by atoms with van der Waals surface area (Å²) >= 11 is 0. The Morgan fingerprint density at radius 2 is 1.96 bits per heavy atom. The maximum absolute atomic E-state index is 12.8. The van der Waals surface area contributed by atoms with Crippen LogP contribution in [0, 0.1) is 0 Å². The summed E-state index contributed by atoms with van der Waals surface area (Å²) < 4.78 is 14.0. The van der Waals surface area contributed by atoms with Gasteiger partial charge in [-0.05, 0) is 18.1 Å². The molecule has 132 valence electrons. The van der Waals surface area contributed by atoms with Crippen LogP contribution in [0.4, 0.5) is 0 Å². The number of aryl methyl sites for hydroxylation is 1. The van der Waals surface area contributed by atoms with Gasteiger partial charge in [-0.25, -0.2) is 4.79 Å². The van der Waals surface area contributed by atoms with E-state index in [9.17, 15) is 14.4 Å². The lowest BCUT2D eigenvalue weighted by Gasteiger charge is -2.22. The molecule has 0 aliphatic carbocycles. The number of benzene rings is 1. The first-order valence-electron chi connectivity index (χ1n) is 8.32. The van der Waals surface area contributed by atoms with Crippen LogP contribution in [0.3, 0.4) is 0 Å². The van der Waals surface area contributed by atoms with Crippen molar-refractivity contribution in [2.24, 2.45) is 7.05 Å². The molecule has 8 nitrogen and oxygen atoms in total. The number of aromatic nitrogens is 2. The second-order valence-electron chi connectivity index (χ2n) is 6.34. The van der Waals surface area contributed by atoms with Gasteiger partial charge in [0.25, 0.3) is 0 Å². The second kappa shape index (κ2) is 6.12. The molecule has 1 N–H and O–H groups in total. The molecule has 0 radical (unpaired) electrons. The van der Waals surface area contributed by atoms with Crippen LogP contribution >= 0.6 is 0 Å². The van der Waals surface area contributed by atoms with Crippen molar-refractivity contribution < 1.29 is 19.1 Å². The number of imide groups is 1. The van der Waals surface area contributed by atoms with Crippen LogP contribution in [0.25, 0.3) is 11.0 Å². The van der Waals surface area contributed by atoms with Gasteiger partial charge in [0.15, 0.2) is 6.29 Å². The first-order chi connectivity index (χ1) is 12.1. The van der Waals surface area contributed by atoms with Crippen LogP contribution in [0.2, 0.25) is 0 Å². The van der Waals surface area contributed by atoms with Crippen molar-refractivity contribution in [3.63, 3.8) is 0 Å². The first kappa shape index (κ1) is 16.0. The first-order valence-corrected chi connectivity index (χ1v) is 8.32. The monoisotopic (exact) mass is 345 g/mol. The number of nitrogens with one attached hydrogen (secondary N) is 1. The van der Waals surface area contributed by atoms with Gasteiger partial charge >= 0.3 is 5.69 Å². The van der Waals surface area contributed by atoms with Gasteiger partial charge in [-0.2, -0.15) is 0 Å². The summed E-state index contributed by atoms with van der Waals surface area (Å²) in [6, 6.07) is 4.93. The predicted molar refractivity (Wildman–Crippen MR) is 88.0 cm³/mol. The van der Waals surface area contributed by atoms with Crippen molar-refractivity contribution in [1.29, 1.82) is 0 Å². The van der Waals surface area contributed by atoms with Gasteiger partial charge in [0.1, 0.15) is 6.04 Å². The fraction of sp³-hybridized carbons (Fsp3) is 0.471. The Morgan fingerprint density at radius 1 is 1.20 bits per heavy atom. The fourth-order valence-electron chi connectivity index (χ4n) is 3.62. The van der Waals surface area contributed by atoms with E-state index in [4.69, 9.17) is 9.47 Å². The number of fused-ring (bicyclic) bond motifs is 1. The van der Waals surface area contributed by atoms with E-state index in [1.807, 2.05) is 18.2 Å².